The molecule has 1 aromatic carbocycles. The number of rotatable bonds is 2. The quantitative estimate of drug-likeness (QED) is 0.772. The van der Waals surface area contributed by atoms with E-state index < -0.39 is 0 Å². The van der Waals surface area contributed by atoms with Gasteiger partial charge in [-0.15, -0.1) is 0 Å². The molecule has 0 bridgehead atoms. The second-order valence-corrected chi connectivity index (χ2v) is 5.81. The minimum atomic E-state index is -0.386. The van der Waals surface area contributed by atoms with Gasteiger partial charge in [0.05, 0.1) is 12.6 Å². The van der Waals surface area contributed by atoms with Gasteiger partial charge in [0.25, 0.3) is 0 Å². The number of hydrogen-bond acceptors (Lipinski definition) is 5. The lowest BCUT2D eigenvalue weighted by Crippen LogP contribution is -2.43. The predicted molar refractivity (Wildman–Crippen MR) is 81.8 cm³/mol. The second-order valence-electron chi connectivity index (χ2n) is 5.81. The van der Waals surface area contributed by atoms with Crippen molar-refractivity contribution in [1.29, 1.82) is 0 Å². The van der Waals surface area contributed by atoms with Crippen LogP contribution >= 0.6 is 0 Å². The van der Waals surface area contributed by atoms with Crippen LogP contribution in [0.1, 0.15) is 6.42 Å². The van der Waals surface area contributed by atoms with Crippen molar-refractivity contribution < 1.29 is 23.9 Å². The van der Waals surface area contributed by atoms with E-state index in [1.807, 2.05) is 0 Å². The maximum atomic E-state index is 12.4. The van der Waals surface area contributed by atoms with Gasteiger partial charge in [0.15, 0.2) is 11.5 Å². The molecule has 3 aliphatic rings. The zero-order chi connectivity index (χ0) is 16.7. The van der Waals surface area contributed by atoms with Crippen LogP contribution in [0, 0.1) is 0 Å². The van der Waals surface area contributed by atoms with Crippen LogP contribution in [0.2, 0.25) is 0 Å². The highest BCUT2D eigenvalue weighted by molar-refractivity contribution is 6.02. The fourth-order valence-electron chi connectivity index (χ4n) is 3.12. The van der Waals surface area contributed by atoms with Crippen molar-refractivity contribution in [3.05, 3.63) is 18.2 Å². The number of amides is 5. The third-order valence-corrected chi connectivity index (χ3v) is 4.32. The fraction of sp³-hybridized carbons (Fsp3) is 0.400. The summed E-state index contributed by atoms with van der Waals surface area (Å²) in [4.78, 5) is 38.6. The largest absolute Gasteiger partial charge is 0.454 e. The summed E-state index contributed by atoms with van der Waals surface area (Å²) in [5.41, 5.74) is 0.600. The Morgan fingerprint density at radius 2 is 2.08 bits per heavy atom. The van der Waals surface area contributed by atoms with Crippen LogP contribution < -0.4 is 20.1 Å². The number of imide groups is 1. The molecule has 9 nitrogen and oxygen atoms in total. The highest BCUT2D eigenvalue weighted by atomic mass is 16.7. The van der Waals surface area contributed by atoms with Crippen molar-refractivity contribution in [1.82, 2.24) is 15.1 Å². The monoisotopic (exact) mass is 332 g/mol. The minimum absolute atomic E-state index is 0.0265. The molecule has 4 rings (SSSR count). The molecule has 1 aromatic rings. The fourth-order valence-corrected chi connectivity index (χ4v) is 3.12. The molecular formula is C15H16N4O5. The first-order valence-corrected chi connectivity index (χ1v) is 7.67. The van der Waals surface area contributed by atoms with Crippen LogP contribution in [0.3, 0.4) is 0 Å². The number of nitrogens with one attached hydrogen (secondary N) is 2. The molecule has 2 saturated heterocycles. The smallest absolute Gasteiger partial charge is 0.324 e. The molecule has 0 spiro atoms. The SMILES string of the molecule is O=C(Nc1ccc2c(c1)OCO2)N1CCC(N2C(=O)CNC2=O)C1. The first kappa shape index (κ1) is 14.6. The number of anilines is 1. The van der Waals surface area contributed by atoms with E-state index in [0.717, 1.165) is 0 Å². The third kappa shape index (κ3) is 2.47. The Bertz CT molecular complexity index is 706. The molecule has 1 atom stereocenters. The lowest BCUT2D eigenvalue weighted by Gasteiger charge is -2.21. The highest BCUT2D eigenvalue weighted by Crippen LogP contribution is 2.34. The van der Waals surface area contributed by atoms with E-state index in [1.165, 1.54) is 4.90 Å². The number of carbonyl (C=O) groups excluding carboxylic acids is 3. The number of ether oxygens (including phenoxy) is 2. The zero-order valence-corrected chi connectivity index (χ0v) is 12.8. The molecule has 0 saturated carbocycles. The number of benzene rings is 1. The van der Waals surface area contributed by atoms with Gasteiger partial charge >= 0.3 is 12.1 Å². The van der Waals surface area contributed by atoms with Crippen molar-refractivity contribution in [3.8, 4) is 11.5 Å². The van der Waals surface area contributed by atoms with Crippen LogP contribution in [0.4, 0.5) is 15.3 Å². The highest BCUT2D eigenvalue weighted by Gasteiger charge is 2.39. The summed E-state index contributed by atoms with van der Waals surface area (Å²) >= 11 is 0. The van der Waals surface area contributed by atoms with Gasteiger partial charge in [0.1, 0.15) is 0 Å². The summed E-state index contributed by atoms with van der Waals surface area (Å²) in [6.45, 7) is 1.01. The average Bonchev–Trinajstić information content (AvgIpc) is 3.27. The van der Waals surface area contributed by atoms with Gasteiger partial charge in [-0.3, -0.25) is 9.69 Å². The molecule has 5 amide bonds. The van der Waals surface area contributed by atoms with Crippen LogP contribution in [0.25, 0.3) is 0 Å². The Labute approximate surface area is 137 Å². The standard InChI is InChI=1S/C15H16N4O5/c20-13-6-16-14(21)19(13)10-3-4-18(7-10)15(22)17-9-1-2-11-12(5-9)24-8-23-11/h1-2,5,10H,3-4,6-8H2,(H,16,21)(H,17,22). The van der Waals surface area contributed by atoms with Gasteiger partial charge in [-0.25, -0.2) is 9.59 Å². The van der Waals surface area contributed by atoms with E-state index in [0.29, 0.717) is 36.7 Å². The van der Waals surface area contributed by atoms with E-state index in [-0.39, 0.29) is 37.3 Å². The predicted octanol–water partition coefficient (Wildman–Crippen LogP) is 0.573. The van der Waals surface area contributed by atoms with Crippen molar-refractivity contribution in [2.24, 2.45) is 0 Å². The van der Waals surface area contributed by atoms with E-state index in [4.69, 9.17) is 9.47 Å². The lowest BCUT2D eigenvalue weighted by atomic mass is 10.2. The summed E-state index contributed by atoms with van der Waals surface area (Å²) in [6.07, 6.45) is 0.577. The van der Waals surface area contributed by atoms with Crippen LogP contribution in [-0.4, -0.2) is 60.2 Å². The van der Waals surface area contributed by atoms with Gasteiger partial charge in [0, 0.05) is 24.8 Å². The van der Waals surface area contributed by atoms with E-state index in [2.05, 4.69) is 10.6 Å². The minimum Gasteiger partial charge on any atom is -0.454 e. The molecule has 9 heteroatoms. The first-order valence-electron chi connectivity index (χ1n) is 7.67. The molecule has 0 aliphatic carbocycles. The number of carbonyl (C=O) groups is 3. The lowest BCUT2D eigenvalue weighted by molar-refractivity contribution is -0.126. The van der Waals surface area contributed by atoms with Gasteiger partial charge in [0.2, 0.25) is 12.7 Å². The van der Waals surface area contributed by atoms with Crippen LogP contribution in [0.5, 0.6) is 11.5 Å². The molecule has 0 aromatic heterocycles. The number of nitrogens with zero attached hydrogens (tertiary/aromatic N) is 2. The molecule has 2 N–H and O–H groups in total. The maximum Gasteiger partial charge on any atom is 0.324 e. The van der Waals surface area contributed by atoms with Gasteiger partial charge in [-0.2, -0.15) is 0 Å². The zero-order valence-electron chi connectivity index (χ0n) is 12.8. The van der Waals surface area contributed by atoms with Crippen LogP contribution in [-0.2, 0) is 4.79 Å². The molecule has 24 heavy (non-hydrogen) atoms. The van der Waals surface area contributed by atoms with E-state index >= 15 is 0 Å². The summed E-state index contributed by atoms with van der Waals surface area (Å²) in [5, 5.41) is 5.29. The van der Waals surface area contributed by atoms with E-state index in [1.54, 1.807) is 23.1 Å². The van der Waals surface area contributed by atoms with Crippen molar-refractivity contribution in [2.45, 2.75) is 12.5 Å². The van der Waals surface area contributed by atoms with Crippen molar-refractivity contribution in [3.63, 3.8) is 0 Å². The Balaban J connectivity index is 1.39. The summed E-state index contributed by atoms with van der Waals surface area (Å²) < 4.78 is 10.5. The van der Waals surface area contributed by atoms with Gasteiger partial charge in [-0.1, -0.05) is 0 Å². The first-order chi connectivity index (χ1) is 11.6. The molecule has 1 unspecified atom stereocenters. The Kier molecular flexibility index (Phi) is 3.40. The summed E-state index contributed by atoms with van der Waals surface area (Å²) in [6, 6.07) is 4.23. The Morgan fingerprint density at radius 1 is 1.25 bits per heavy atom. The maximum absolute atomic E-state index is 12.4. The normalized spacial score (nSPS) is 22.1. The Hall–Kier alpha value is -2.97. The third-order valence-electron chi connectivity index (χ3n) is 4.32. The second kappa shape index (κ2) is 5.59. The molecule has 3 heterocycles. The van der Waals surface area contributed by atoms with Gasteiger partial charge in [-0.05, 0) is 18.6 Å². The Morgan fingerprint density at radius 3 is 2.88 bits per heavy atom. The number of fused-ring (bicyclic) bond motifs is 1. The number of hydrogen-bond donors (Lipinski definition) is 2. The average molecular weight is 332 g/mol. The number of likely N-dealkylation sites (tertiary alicyclic amines) is 1. The molecule has 2 fully saturated rings. The van der Waals surface area contributed by atoms with Crippen molar-refractivity contribution >= 4 is 23.7 Å². The van der Waals surface area contributed by atoms with Crippen molar-refractivity contribution in [2.75, 3.05) is 31.7 Å². The number of urea groups is 2. The topological polar surface area (TPSA) is 100 Å². The molecular weight excluding hydrogens is 316 g/mol. The van der Waals surface area contributed by atoms with E-state index in [9.17, 15) is 14.4 Å². The molecule has 0 radical (unpaired) electrons. The molecule has 3 aliphatic heterocycles. The van der Waals surface area contributed by atoms with Crippen LogP contribution in [0.15, 0.2) is 18.2 Å². The molecule has 126 valence electrons. The summed E-state index contributed by atoms with van der Waals surface area (Å²) in [5.74, 6) is 0.988. The van der Waals surface area contributed by atoms with Gasteiger partial charge < -0.3 is 25.0 Å². The summed E-state index contributed by atoms with van der Waals surface area (Å²) in [7, 11) is 0.